The molecule has 0 saturated carbocycles. The van der Waals surface area contributed by atoms with E-state index < -0.39 is 62.0 Å². The first-order valence-electron chi connectivity index (χ1n) is 12.7. The molecule has 42 heavy (non-hydrogen) atoms. The van der Waals surface area contributed by atoms with Crippen LogP contribution >= 0.6 is 8.58 Å². The molecule has 0 bridgehead atoms. The van der Waals surface area contributed by atoms with Gasteiger partial charge in [-0.2, -0.15) is 26.3 Å². The molecule has 0 radical (unpaired) electrons. The number of halogens is 6. The van der Waals surface area contributed by atoms with Gasteiger partial charge < -0.3 is 28.4 Å². The van der Waals surface area contributed by atoms with Crippen molar-refractivity contribution >= 4 is 38.3 Å². The molecule has 2 rings (SSSR count). The first-order valence-corrected chi connectivity index (χ1v) is 13.7. The van der Waals surface area contributed by atoms with Crippen LogP contribution in [-0.2, 0) is 26.6 Å². The predicted octanol–water partition coefficient (Wildman–Crippen LogP) is 6.50. The second-order valence-corrected chi connectivity index (χ2v) is 9.60. The van der Waals surface area contributed by atoms with Crippen LogP contribution in [0.25, 0.3) is 0 Å². The van der Waals surface area contributed by atoms with E-state index in [1.54, 1.807) is 27.7 Å². The summed E-state index contributed by atoms with van der Waals surface area (Å²) in [5.41, 5.74) is -6.33. The van der Waals surface area contributed by atoms with Crippen molar-refractivity contribution in [1.29, 1.82) is 0 Å². The van der Waals surface area contributed by atoms with E-state index in [9.17, 15) is 31.1 Å². The van der Waals surface area contributed by atoms with Crippen LogP contribution in [0.3, 0.4) is 0 Å². The molecule has 0 fully saturated rings. The number of carbonyl (C=O) groups is 1. The first-order chi connectivity index (χ1) is 19.1. The summed E-state index contributed by atoms with van der Waals surface area (Å²) in [5.74, 6) is -0.0674. The molecule has 15 heteroatoms. The van der Waals surface area contributed by atoms with Gasteiger partial charge >= 0.3 is 31.2 Å². The van der Waals surface area contributed by atoms with Crippen LogP contribution in [0.4, 0.5) is 26.3 Å². The number of benzene rings is 2. The average Bonchev–Trinajstić information content (AvgIpc) is 2.84. The Bertz CT molecular complexity index is 1100. The van der Waals surface area contributed by atoms with Gasteiger partial charge in [-0.1, -0.05) is 6.07 Å². The molecule has 4 unspecified atom stereocenters. The van der Waals surface area contributed by atoms with Gasteiger partial charge in [-0.25, -0.2) is 0 Å². The summed E-state index contributed by atoms with van der Waals surface area (Å²) >= 11 is 0. The number of carbonyl (C=O) groups excluding carboxylic acids is 1. The standard InChI is InChI=1S/C27H33F6O7P.Li.H/c1-7-35-15(4)38-18-13-21(39-16(5)36-8-2)24(22(14-18)40-17(6)37-9-3)41-25(34)23-19(26(28,29)30)11-10-12-20(23)27(31,32)33;;/h10-17,41H,7-9H2,1-6H3;;. The minimum atomic E-state index is -5.23. The van der Waals surface area contributed by atoms with Gasteiger partial charge in [0.05, 0.1) is 16.4 Å². The average molecular weight is 622 g/mol. The van der Waals surface area contributed by atoms with Crippen molar-refractivity contribution in [3.8, 4) is 17.2 Å². The fourth-order valence-corrected chi connectivity index (χ4v) is 4.87. The van der Waals surface area contributed by atoms with Gasteiger partial charge in [0.15, 0.2) is 24.4 Å². The molecule has 0 aliphatic carbocycles. The molecular formula is C27H34F6LiO7P. The van der Waals surface area contributed by atoms with E-state index in [2.05, 4.69) is 0 Å². The van der Waals surface area contributed by atoms with Crippen molar-refractivity contribution in [2.24, 2.45) is 0 Å². The van der Waals surface area contributed by atoms with E-state index in [-0.39, 0.29) is 54.6 Å². The molecular weight excluding hydrogens is 588 g/mol. The third kappa shape index (κ3) is 10.9. The summed E-state index contributed by atoms with van der Waals surface area (Å²) in [6.07, 6.45) is -13.0. The molecule has 2 aromatic carbocycles. The summed E-state index contributed by atoms with van der Waals surface area (Å²) in [5, 5.41) is -0.102. The Kier molecular flexibility index (Phi) is 15.2. The van der Waals surface area contributed by atoms with E-state index in [0.717, 1.165) is 0 Å². The maximum absolute atomic E-state index is 13.8. The van der Waals surface area contributed by atoms with E-state index in [1.807, 2.05) is 0 Å². The van der Waals surface area contributed by atoms with Crippen LogP contribution in [-0.4, -0.2) is 63.1 Å². The fraction of sp³-hybridized carbons (Fsp3) is 0.519. The van der Waals surface area contributed by atoms with Crippen LogP contribution < -0.4 is 19.5 Å². The molecule has 0 aromatic heterocycles. The number of hydrogen-bond donors (Lipinski definition) is 0. The van der Waals surface area contributed by atoms with Crippen LogP contribution in [0.2, 0.25) is 0 Å². The number of ether oxygens (including phenoxy) is 6. The summed E-state index contributed by atoms with van der Waals surface area (Å²) < 4.78 is 116. The molecule has 0 aliphatic rings. The topological polar surface area (TPSA) is 72.5 Å². The second-order valence-electron chi connectivity index (χ2n) is 8.39. The molecule has 0 N–H and O–H groups in total. The van der Waals surface area contributed by atoms with Crippen molar-refractivity contribution < 1.29 is 59.6 Å². The van der Waals surface area contributed by atoms with Crippen molar-refractivity contribution in [3.63, 3.8) is 0 Å². The van der Waals surface area contributed by atoms with Gasteiger partial charge in [-0.05, 0) is 62.3 Å². The van der Waals surface area contributed by atoms with Crippen LogP contribution in [0.15, 0.2) is 30.3 Å². The SMILES string of the molecule is CCOC(C)Oc1cc(OC(C)OCC)c(PC(=O)c2c(C(F)(F)F)cccc2C(F)(F)F)c(OC(C)OCC)c1.[LiH]. The van der Waals surface area contributed by atoms with E-state index in [1.165, 1.54) is 26.0 Å². The Balaban J connectivity index is 0.00000882. The van der Waals surface area contributed by atoms with Crippen LogP contribution in [0.1, 0.15) is 63.0 Å². The van der Waals surface area contributed by atoms with Crippen LogP contribution in [0, 0.1) is 0 Å². The molecule has 7 nitrogen and oxygen atoms in total. The monoisotopic (exact) mass is 622 g/mol. The zero-order valence-corrected chi connectivity index (χ0v) is 24.4. The third-order valence-electron chi connectivity index (χ3n) is 5.27. The van der Waals surface area contributed by atoms with Crippen molar-refractivity contribution in [2.75, 3.05) is 19.8 Å². The van der Waals surface area contributed by atoms with Gasteiger partial charge in [0, 0.05) is 37.5 Å². The Morgan fingerprint density at radius 2 is 1.12 bits per heavy atom. The summed E-state index contributed by atoms with van der Waals surface area (Å²) in [6, 6.07) is 4.14. The third-order valence-corrected chi connectivity index (χ3v) is 6.49. The summed E-state index contributed by atoms with van der Waals surface area (Å²) in [7, 11) is -1.29. The molecule has 2 aromatic rings. The molecule has 0 spiro atoms. The number of rotatable bonds is 15. The second kappa shape index (κ2) is 16.7. The van der Waals surface area contributed by atoms with Crippen molar-refractivity contribution in [2.45, 2.75) is 72.8 Å². The zero-order chi connectivity index (χ0) is 31.0. The van der Waals surface area contributed by atoms with Gasteiger partial charge in [0.1, 0.15) is 17.2 Å². The van der Waals surface area contributed by atoms with Gasteiger partial charge in [-0.3, -0.25) is 4.79 Å². The van der Waals surface area contributed by atoms with Gasteiger partial charge in [0.25, 0.3) is 0 Å². The summed E-state index contributed by atoms with van der Waals surface area (Å²) in [6.45, 7) is 10.6. The first kappa shape index (κ1) is 38.0. The summed E-state index contributed by atoms with van der Waals surface area (Å²) in [4.78, 5) is 13.4. The number of hydrogen-bond acceptors (Lipinski definition) is 7. The van der Waals surface area contributed by atoms with Crippen molar-refractivity contribution in [3.05, 3.63) is 47.0 Å². The molecule has 0 heterocycles. The molecule has 0 saturated heterocycles. The van der Waals surface area contributed by atoms with E-state index in [4.69, 9.17) is 28.4 Å². The predicted molar refractivity (Wildman–Crippen MR) is 147 cm³/mol. The maximum atomic E-state index is 13.8. The quantitative estimate of drug-likeness (QED) is 0.0972. The number of alkyl halides is 6. The fourth-order valence-electron chi connectivity index (χ4n) is 3.74. The molecule has 4 atom stereocenters. The van der Waals surface area contributed by atoms with Gasteiger partial charge in [-0.15, -0.1) is 0 Å². The molecule has 0 amide bonds. The van der Waals surface area contributed by atoms with E-state index >= 15 is 0 Å². The minimum absolute atomic E-state index is 0. The Hall–Kier alpha value is -2.00. The van der Waals surface area contributed by atoms with Gasteiger partial charge in [0.2, 0.25) is 0 Å². The molecule has 0 aliphatic heterocycles. The Morgan fingerprint density at radius 1 is 0.738 bits per heavy atom. The normalized spacial score (nSPS) is 14.3. The van der Waals surface area contributed by atoms with Crippen LogP contribution in [0.5, 0.6) is 17.2 Å². The zero-order valence-electron chi connectivity index (χ0n) is 23.4. The Labute approximate surface area is 254 Å². The molecule has 232 valence electrons. The van der Waals surface area contributed by atoms with E-state index in [0.29, 0.717) is 24.8 Å². The Morgan fingerprint density at radius 3 is 1.48 bits per heavy atom. The van der Waals surface area contributed by atoms with Crippen molar-refractivity contribution in [1.82, 2.24) is 0 Å².